The first-order valence-corrected chi connectivity index (χ1v) is 11.4. The largest absolute Gasteiger partial charge is 0.387 e. The predicted octanol–water partition coefficient (Wildman–Crippen LogP) is 2.82. The maximum Gasteiger partial charge on any atom is 0.251 e. The Kier molecular flexibility index (Phi) is 4.71. The van der Waals surface area contributed by atoms with Crippen molar-refractivity contribution in [2.45, 2.75) is 56.4 Å². The molecule has 7 heteroatoms. The highest BCUT2D eigenvalue weighted by atomic mass is 32.2. The number of hydrogen-bond acceptors (Lipinski definition) is 4. The van der Waals surface area contributed by atoms with Crippen molar-refractivity contribution in [3.63, 3.8) is 0 Å². The van der Waals surface area contributed by atoms with Crippen LogP contribution in [-0.4, -0.2) is 44.8 Å². The van der Waals surface area contributed by atoms with Gasteiger partial charge in [-0.3, -0.25) is 4.79 Å². The van der Waals surface area contributed by atoms with Gasteiger partial charge in [0, 0.05) is 31.7 Å². The molecule has 0 spiro atoms. The first-order chi connectivity index (χ1) is 12.8. The highest BCUT2D eigenvalue weighted by Gasteiger charge is 2.49. The number of benzene rings is 1. The lowest BCUT2D eigenvalue weighted by Gasteiger charge is -2.32. The zero-order valence-corrected chi connectivity index (χ0v) is 16.9. The lowest BCUT2D eigenvalue weighted by molar-refractivity contribution is 0.0895. The highest BCUT2D eigenvalue weighted by Crippen LogP contribution is 2.53. The van der Waals surface area contributed by atoms with Gasteiger partial charge >= 0.3 is 0 Å². The molecular formula is C20H29N3O3S. The standard InChI is InChI=1S/C20H29N3O3S/c1-20-8-7-14(13-20)11-18(20)22-19(24)15-5-6-16(21-2)17(12-15)27(25,26)23-9-3-4-10-23/h5-6,12,14,18,21H,3-4,7-11,13H2,1-2H3,(H,22,24)/t14-,18+,20+/m0/s1. The minimum absolute atomic E-state index is 0.172. The molecule has 0 radical (unpaired) electrons. The van der Waals surface area contributed by atoms with E-state index in [9.17, 15) is 13.2 Å². The Morgan fingerprint density at radius 3 is 2.59 bits per heavy atom. The van der Waals surface area contributed by atoms with E-state index in [0.717, 1.165) is 31.6 Å². The van der Waals surface area contributed by atoms with Gasteiger partial charge in [0.2, 0.25) is 10.0 Å². The molecule has 0 unspecified atom stereocenters. The molecule has 1 aromatic rings. The van der Waals surface area contributed by atoms with E-state index in [2.05, 4.69) is 17.6 Å². The molecule has 2 bridgehead atoms. The fourth-order valence-electron chi connectivity index (χ4n) is 5.16. The summed E-state index contributed by atoms with van der Waals surface area (Å²) in [4.78, 5) is 13.1. The topological polar surface area (TPSA) is 78.5 Å². The number of amides is 1. The van der Waals surface area contributed by atoms with E-state index in [4.69, 9.17) is 0 Å². The Morgan fingerprint density at radius 1 is 1.26 bits per heavy atom. The second-order valence-electron chi connectivity index (χ2n) is 8.60. The van der Waals surface area contributed by atoms with Crippen molar-refractivity contribution in [3.05, 3.63) is 23.8 Å². The number of carbonyl (C=O) groups excluding carboxylic acids is 1. The smallest absolute Gasteiger partial charge is 0.251 e. The second kappa shape index (κ2) is 6.78. The van der Waals surface area contributed by atoms with Crippen molar-refractivity contribution in [2.75, 3.05) is 25.5 Å². The molecule has 1 amide bonds. The van der Waals surface area contributed by atoms with Crippen LogP contribution in [0.3, 0.4) is 0 Å². The van der Waals surface area contributed by atoms with Crippen molar-refractivity contribution < 1.29 is 13.2 Å². The van der Waals surface area contributed by atoms with Crippen LogP contribution in [0.1, 0.15) is 55.8 Å². The summed E-state index contributed by atoms with van der Waals surface area (Å²) in [5, 5.41) is 6.14. The molecule has 148 valence electrons. The third kappa shape index (κ3) is 3.25. The normalized spacial score (nSPS) is 30.6. The summed E-state index contributed by atoms with van der Waals surface area (Å²) in [7, 11) is -1.89. The molecule has 1 saturated heterocycles. The number of rotatable bonds is 5. The summed E-state index contributed by atoms with van der Waals surface area (Å²) in [5.41, 5.74) is 1.14. The quantitative estimate of drug-likeness (QED) is 0.809. The van der Waals surface area contributed by atoms with Crippen LogP contribution < -0.4 is 10.6 Å². The van der Waals surface area contributed by atoms with E-state index in [-0.39, 0.29) is 22.3 Å². The average Bonchev–Trinajstić information content (AvgIpc) is 3.37. The van der Waals surface area contributed by atoms with E-state index in [0.29, 0.717) is 24.3 Å². The summed E-state index contributed by atoms with van der Waals surface area (Å²) in [6, 6.07) is 5.12. The van der Waals surface area contributed by atoms with Crippen LogP contribution in [0.2, 0.25) is 0 Å². The van der Waals surface area contributed by atoms with Crippen molar-refractivity contribution in [1.29, 1.82) is 0 Å². The van der Waals surface area contributed by atoms with Crippen LogP contribution in [0.15, 0.2) is 23.1 Å². The predicted molar refractivity (Wildman–Crippen MR) is 105 cm³/mol. The molecule has 2 N–H and O–H groups in total. The zero-order chi connectivity index (χ0) is 19.2. The van der Waals surface area contributed by atoms with Gasteiger partial charge in [-0.1, -0.05) is 6.92 Å². The summed E-state index contributed by atoms with van der Waals surface area (Å²) in [6.45, 7) is 3.35. The van der Waals surface area contributed by atoms with Crippen LogP contribution in [0.4, 0.5) is 5.69 Å². The number of carbonyl (C=O) groups is 1. The number of nitrogens with one attached hydrogen (secondary N) is 2. The molecule has 2 saturated carbocycles. The van der Waals surface area contributed by atoms with E-state index < -0.39 is 10.0 Å². The monoisotopic (exact) mass is 391 g/mol. The van der Waals surface area contributed by atoms with Gasteiger partial charge in [0.25, 0.3) is 5.91 Å². The molecule has 1 aromatic carbocycles. The number of anilines is 1. The first kappa shape index (κ1) is 18.7. The van der Waals surface area contributed by atoms with Crippen molar-refractivity contribution in [3.8, 4) is 0 Å². The minimum atomic E-state index is -3.59. The van der Waals surface area contributed by atoms with E-state index >= 15 is 0 Å². The summed E-state index contributed by atoms with van der Waals surface area (Å²) < 4.78 is 27.6. The fraction of sp³-hybridized carbons (Fsp3) is 0.650. The number of hydrogen-bond donors (Lipinski definition) is 2. The van der Waals surface area contributed by atoms with Gasteiger partial charge in [-0.2, -0.15) is 4.31 Å². The summed E-state index contributed by atoms with van der Waals surface area (Å²) in [6.07, 6.45) is 6.42. The first-order valence-electron chi connectivity index (χ1n) is 9.96. The molecule has 2 aliphatic carbocycles. The van der Waals surface area contributed by atoms with Crippen LogP contribution >= 0.6 is 0 Å². The Morgan fingerprint density at radius 2 is 2.00 bits per heavy atom. The molecule has 3 atom stereocenters. The maximum absolute atomic E-state index is 13.0. The summed E-state index contributed by atoms with van der Waals surface area (Å²) in [5.74, 6) is 0.548. The third-order valence-corrected chi connectivity index (χ3v) is 8.73. The Bertz CT molecular complexity index is 848. The molecule has 4 rings (SSSR count). The number of nitrogens with zero attached hydrogens (tertiary/aromatic N) is 1. The average molecular weight is 392 g/mol. The van der Waals surface area contributed by atoms with Gasteiger partial charge in [-0.25, -0.2) is 8.42 Å². The fourth-order valence-corrected chi connectivity index (χ4v) is 6.90. The Hall–Kier alpha value is -1.60. The molecular weight excluding hydrogens is 362 g/mol. The van der Waals surface area contributed by atoms with Gasteiger partial charge in [-0.05, 0) is 68.1 Å². The van der Waals surface area contributed by atoms with Gasteiger partial charge in [0.1, 0.15) is 4.90 Å². The number of sulfonamides is 1. The zero-order valence-electron chi connectivity index (χ0n) is 16.1. The van der Waals surface area contributed by atoms with Gasteiger partial charge < -0.3 is 10.6 Å². The van der Waals surface area contributed by atoms with E-state index in [1.54, 1.807) is 19.2 Å². The van der Waals surface area contributed by atoms with Crippen molar-refractivity contribution >= 4 is 21.6 Å². The Balaban J connectivity index is 1.59. The van der Waals surface area contributed by atoms with Crippen LogP contribution in [0.25, 0.3) is 0 Å². The van der Waals surface area contributed by atoms with Gasteiger partial charge in [0.05, 0.1) is 5.69 Å². The number of fused-ring (bicyclic) bond motifs is 2. The lowest BCUT2D eigenvalue weighted by Crippen LogP contribution is -2.43. The van der Waals surface area contributed by atoms with Crippen LogP contribution in [-0.2, 0) is 10.0 Å². The summed E-state index contributed by atoms with van der Waals surface area (Å²) >= 11 is 0. The maximum atomic E-state index is 13.0. The third-order valence-electron chi connectivity index (χ3n) is 6.79. The van der Waals surface area contributed by atoms with E-state index in [1.807, 2.05) is 0 Å². The van der Waals surface area contributed by atoms with Gasteiger partial charge in [0.15, 0.2) is 0 Å². The second-order valence-corrected chi connectivity index (χ2v) is 10.5. The highest BCUT2D eigenvalue weighted by molar-refractivity contribution is 7.89. The van der Waals surface area contributed by atoms with Crippen molar-refractivity contribution in [1.82, 2.24) is 9.62 Å². The van der Waals surface area contributed by atoms with E-state index in [1.165, 1.54) is 23.2 Å². The minimum Gasteiger partial charge on any atom is -0.387 e. The molecule has 0 aromatic heterocycles. The molecule has 3 fully saturated rings. The van der Waals surface area contributed by atoms with Crippen LogP contribution in [0.5, 0.6) is 0 Å². The molecule has 6 nitrogen and oxygen atoms in total. The van der Waals surface area contributed by atoms with Gasteiger partial charge in [-0.15, -0.1) is 0 Å². The molecule has 1 aliphatic heterocycles. The van der Waals surface area contributed by atoms with Crippen LogP contribution in [0, 0.1) is 11.3 Å². The Labute approximate surface area is 161 Å². The lowest BCUT2D eigenvalue weighted by atomic mass is 9.82. The molecule has 3 aliphatic rings. The van der Waals surface area contributed by atoms with Crippen molar-refractivity contribution in [2.24, 2.45) is 11.3 Å². The molecule has 27 heavy (non-hydrogen) atoms. The molecule has 1 heterocycles. The SMILES string of the molecule is CNc1ccc(C(=O)N[C@@H]2C[C@@H]3CC[C@]2(C)C3)cc1S(=O)(=O)N1CCCC1.